The summed E-state index contributed by atoms with van der Waals surface area (Å²) in [5, 5.41) is -0.127. The Balaban J connectivity index is 2.22. The molecule has 140 valence electrons. The molecule has 0 aliphatic rings. The van der Waals surface area contributed by atoms with Gasteiger partial charge in [0.15, 0.2) is 0 Å². The Morgan fingerprint density at radius 2 is 1.96 bits per heavy atom. The van der Waals surface area contributed by atoms with E-state index in [1.54, 1.807) is 22.8 Å². The summed E-state index contributed by atoms with van der Waals surface area (Å²) in [4.78, 5) is 16.5. The molecule has 0 saturated carbocycles. The van der Waals surface area contributed by atoms with E-state index in [0.717, 1.165) is 12.3 Å². The first-order valence-electron chi connectivity index (χ1n) is 8.06. The Kier molecular flexibility index (Phi) is 4.79. The van der Waals surface area contributed by atoms with Crippen molar-refractivity contribution in [3.05, 3.63) is 51.5 Å². The minimum atomic E-state index is -4.53. The van der Waals surface area contributed by atoms with Gasteiger partial charge in [-0.05, 0) is 32.0 Å². The molecule has 0 fully saturated rings. The molecular formula is C19H15ClF3N3O. The van der Waals surface area contributed by atoms with E-state index in [0.29, 0.717) is 16.6 Å². The van der Waals surface area contributed by atoms with Crippen LogP contribution in [0, 0.1) is 12.3 Å². The molecule has 0 bridgehead atoms. The molecule has 0 unspecified atom stereocenters. The molecular weight excluding hydrogens is 379 g/mol. The van der Waals surface area contributed by atoms with E-state index in [1.165, 1.54) is 4.57 Å². The van der Waals surface area contributed by atoms with Crippen LogP contribution in [-0.2, 0) is 12.7 Å². The fourth-order valence-electron chi connectivity index (χ4n) is 2.98. The number of rotatable bonds is 3. The van der Waals surface area contributed by atoms with Crippen LogP contribution < -0.4 is 5.69 Å². The summed E-state index contributed by atoms with van der Waals surface area (Å²) in [5.41, 5.74) is 0.768. The highest BCUT2D eigenvalue weighted by Gasteiger charge is 2.31. The Hall–Kier alpha value is -2.72. The Morgan fingerprint density at radius 3 is 2.52 bits per heavy atom. The zero-order valence-electron chi connectivity index (χ0n) is 14.5. The highest BCUT2D eigenvalue weighted by atomic mass is 35.5. The largest absolute Gasteiger partial charge is 0.417 e. The zero-order chi connectivity index (χ0) is 19.9. The van der Waals surface area contributed by atoms with Crippen molar-refractivity contribution in [1.29, 1.82) is 0 Å². The van der Waals surface area contributed by atoms with Gasteiger partial charge in [0.2, 0.25) is 0 Å². The first-order valence-corrected chi connectivity index (χ1v) is 8.44. The van der Waals surface area contributed by atoms with Crippen LogP contribution in [0.4, 0.5) is 13.2 Å². The molecule has 0 amide bonds. The maximum absolute atomic E-state index is 12.8. The van der Waals surface area contributed by atoms with E-state index in [1.807, 2.05) is 13.8 Å². The van der Waals surface area contributed by atoms with Gasteiger partial charge in [-0.1, -0.05) is 23.6 Å². The van der Waals surface area contributed by atoms with Gasteiger partial charge >= 0.3 is 11.9 Å². The Labute approximate surface area is 158 Å². The topological polar surface area (TPSA) is 39.8 Å². The average Bonchev–Trinajstić information content (AvgIpc) is 2.86. The first kappa shape index (κ1) is 19.1. The maximum atomic E-state index is 12.8. The van der Waals surface area contributed by atoms with Crippen LogP contribution >= 0.6 is 11.6 Å². The molecule has 0 N–H and O–H groups in total. The lowest BCUT2D eigenvalue weighted by Crippen LogP contribution is -2.25. The summed E-state index contributed by atoms with van der Waals surface area (Å²) in [6.45, 7) is 3.83. The summed E-state index contributed by atoms with van der Waals surface area (Å²) < 4.78 is 41.5. The number of fused-ring (bicyclic) bond motifs is 1. The number of halogens is 4. The van der Waals surface area contributed by atoms with Gasteiger partial charge < -0.3 is 0 Å². The number of benzene rings is 1. The second kappa shape index (κ2) is 6.78. The van der Waals surface area contributed by atoms with Crippen molar-refractivity contribution in [2.75, 3.05) is 0 Å². The number of terminal acetylenes is 1. The van der Waals surface area contributed by atoms with Crippen molar-refractivity contribution in [1.82, 2.24) is 14.1 Å². The van der Waals surface area contributed by atoms with Crippen molar-refractivity contribution in [2.45, 2.75) is 32.6 Å². The molecule has 3 aromatic rings. The normalized spacial score (nSPS) is 11.9. The standard InChI is InChI=1S/C19H15ClF3N3O/c1-4-7-25-16-8-12(5-6-15(16)26(11(2)3)18(25)27)17-14(20)9-13(10-24-17)19(21,22)23/h1,5-6,8-11H,7H2,2-3H3. The lowest BCUT2D eigenvalue weighted by Gasteiger charge is -2.10. The number of nitrogens with zero attached hydrogens (tertiary/aromatic N) is 3. The van der Waals surface area contributed by atoms with E-state index < -0.39 is 11.7 Å². The molecule has 0 aliphatic heterocycles. The smallest absolute Gasteiger partial charge is 0.289 e. The summed E-state index contributed by atoms with van der Waals surface area (Å²) in [7, 11) is 0. The average molecular weight is 394 g/mol. The van der Waals surface area contributed by atoms with Crippen LogP contribution in [0.15, 0.2) is 35.3 Å². The van der Waals surface area contributed by atoms with Crippen molar-refractivity contribution in [3.63, 3.8) is 0 Å². The van der Waals surface area contributed by atoms with E-state index in [9.17, 15) is 18.0 Å². The number of alkyl halides is 3. The molecule has 2 heterocycles. The molecule has 2 aromatic heterocycles. The number of hydrogen-bond donors (Lipinski definition) is 0. The zero-order valence-corrected chi connectivity index (χ0v) is 15.3. The third kappa shape index (κ3) is 3.33. The van der Waals surface area contributed by atoms with Gasteiger partial charge in [0.05, 0.1) is 33.9 Å². The fraction of sp³-hybridized carbons (Fsp3) is 0.263. The van der Waals surface area contributed by atoms with E-state index in [4.69, 9.17) is 18.0 Å². The number of aromatic nitrogens is 3. The lowest BCUT2D eigenvalue weighted by atomic mass is 10.1. The number of imidazole rings is 1. The molecule has 0 aliphatic carbocycles. The Bertz CT molecular complexity index is 1120. The minimum Gasteiger partial charge on any atom is -0.289 e. The highest BCUT2D eigenvalue weighted by Crippen LogP contribution is 2.34. The van der Waals surface area contributed by atoms with E-state index in [2.05, 4.69) is 10.9 Å². The first-order chi connectivity index (χ1) is 12.6. The third-order valence-electron chi connectivity index (χ3n) is 4.17. The highest BCUT2D eigenvalue weighted by molar-refractivity contribution is 6.33. The number of pyridine rings is 1. The molecule has 0 radical (unpaired) electrons. The summed E-state index contributed by atoms with van der Waals surface area (Å²) in [6, 6.07) is 5.80. The fourth-order valence-corrected chi connectivity index (χ4v) is 3.25. The van der Waals surface area contributed by atoms with Gasteiger partial charge in [-0.3, -0.25) is 14.1 Å². The SMILES string of the molecule is C#CCn1c(=O)n(C(C)C)c2ccc(-c3ncc(C(F)(F)F)cc3Cl)cc21. The van der Waals surface area contributed by atoms with Crippen LogP contribution in [0.3, 0.4) is 0 Å². The molecule has 27 heavy (non-hydrogen) atoms. The van der Waals surface area contributed by atoms with Gasteiger partial charge in [0.25, 0.3) is 0 Å². The van der Waals surface area contributed by atoms with Crippen molar-refractivity contribution >= 4 is 22.6 Å². The monoisotopic (exact) mass is 393 g/mol. The van der Waals surface area contributed by atoms with E-state index >= 15 is 0 Å². The summed E-state index contributed by atoms with van der Waals surface area (Å²) in [5.74, 6) is 2.45. The molecule has 0 atom stereocenters. The van der Waals surface area contributed by atoms with Crippen LogP contribution in [0.25, 0.3) is 22.3 Å². The van der Waals surface area contributed by atoms with Crippen molar-refractivity contribution in [3.8, 4) is 23.6 Å². The molecule has 8 heteroatoms. The van der Waals surface area contributed by atoms with Crippen molar-refractivity contribution < 1.29 is 13.2 Å². The summed E-state index contributed by atoms with van der Waals surface area (Å²) in [6.07, 6.45) is 1.59. The molecule has 0 spiro atoms. The van der Waals surface area contributed by atoms with Crippen molar-refractivity contribution in [2.24, 2.45) is 0 Å². The van der Waals surface area contributed by atoms with Gasteiger partial charge in [-0.15, -0.1) is 6.42 Å². The quantitative estimate of drug-likeness (QED) is 0.602. The van der Waals surface area contributed by atoms with Gasteiger partial charge in [-0.25, -0.2) is 4.79 Å². The second-order valence-electron chi connectivity index (χ2n) is 6.29. The van der Waals surface area contributed by atoms with Crippen LogP contribution in [0.5, 0.6) is 0 Å². The second-order valence-corrected chi connectivity index (χ2v) is 6.70. The van der Waals surface area contributed by atoms with Gasteiger partial charge in [0.1, 0.15) is 0 Å². The van der Waals surface area contributed by atoms with Crippen LogP contribution in [0.2, 0.25) is 5.02 Å². The Morgan fingerprint density at radius 1 is 1.26 bits per heavy atom. The van der Waals surface area contributed by atoms with Crippen LogP contribution in [-0.4, -0.2) is 14.1 Å². The molecule has 0 saturated heterocycles. The van der Waals surface area contributed by atoms with E-state index in [-0.39, 0.29) is 29.0 Å². The maximum Gasteiger partial charge on any atom is 0.417 e. The molecule has 4 nitrogen and oxygen atoms in total. The predicted octanol–water partition coefficient (Wildman–Crippen LogP) is 4.75. The molecule has 3 rings (SSSR count). The third-order valence-corrected chi connectivity index (χ3v) is 4.46. The predicted molar refractivity (Wildman–Crippen MR) is 98.7 cm³/mol. The lowest BCUT2D eigenvalue weighted by molar-refractivity contribution is -0.137. The van der Waals surface area contributed by atoms with Crippen LogP contribution in [0.1, 0.15) is 25.5 Å². The minimum absolute atomic E-state index is 0.0761. The summed E-state index contributed by atoms with van der Waals surface area (Å²) >= 11 is 6.04. The number of hydrogen-bond acceptors (Lipinski definition) is 2. The van der Waals surface area contributed by atoms with Gasteiger partial charge in [-0.2, -0.15) is 13.2 Å². The van der Waals surface area contributed by atoms with Gasteiger partial charge in [0, 0.05) is 17.8 Å². The molecule has 1 aromatic carbocycles.